The summed E-state index contributed by atoms with van der Waals surface area (Å²) in [6.45, 7) is -2.41. The van der Waals surface area contributed by atoms with Gasteiger partial charge < -0.3 is 70.4 Å². The van der Waals surface area contributed by atoms with Crippen molar-refractivity contribution in [1.29, 1.82) is 0 Å². The quantitative estimate of drug-likeness (QED) is 0.0614. The summed E-state index contributed by atoms with van der Waals surface area (Å²) in [7, 11) is -10.6. The van der Waals surface area contributed by atoms with Crippen molar-refractivity contribution in [2.75, 3.05) is 26.4 Å². The topological polar surface area (TPSA) is 384 Å². The van der Waals surface area contributed by atoms with Gasteiger partial charge in [-0.3, -0.25) is 18.7 Å². The number of hydrogen-bond acceptors (Lipinski definition) is 20. The maximum atomic E-state index is 12.1. The molecule has 0 spiro atoms. The zero-order valence-corrected chi connectivity index (χ0v) is 26.7. The molecule has 0 unspecified atom stereocenters. The van der Waals surface area contributed by atoms with E-state index in [9.17, 15) is 67.3 Å². The van der Waals surface area contributed by atoms with E-state index in [1.165, 1.54) is 0 Å². The Kier molecular flexibility index (Phi) is 15.8. The number of amides is 2. The minimum Gasteiger partial charge on any atom is -0.394 e. The summed E-state index contributed by atoms with van der Waals surface area (Å²) in [4.78, 5) is 23.9. The molecule has 0 aliphatic carbocycles. The fraction of sp³-hybridized carbons (Fsp3) is 0.909. The number of aliphatic hydroxyl groups is 8. The highest BCUT2D eigenvalue weighted by Gasteiger charge is 2.54. The van der Waals surface area contributed by atoms with Gasteiger partial charge in [0.15, 0.2) is 12.6 Å². The van der Waals surface area contributed by atoms with Gasteiger partial charge in [0, 0.05) is 13.8 Å². The standard InChI is InChI=1S/C22H40N2O22S2/c1-7(28)23-9(3-25)18(14(31)10(30)4-26)44-21-13(24-8(2)29)16(33)19(12(43-21)6-41-47(35,36)37)45-22-17(34)20(46-48(38,39)40)15(32)11(5-27)42-22/h9-22,25-27,30-34H,3-6H2,1-2H3,(H,23,28)(H,24,29)(H,35,36,37)(H,38,39,40)/t9-,10+,11+,12+,13+,14-,15-,16+,17+,18+,19+,20-,21-,22-/m0/s1. The summed E-state index contributed by atoms with van der Waals surface area (Å²) < 4.78 is 94.5. The highest BCUT2D eigenvalue weighted by Crippen LogP contribution is 2.32. The smallest absolute Gasteiger partial charge is 0.394 e. The van der Waals surface area contributed by atoms with Crippen LogP contribution in [-0.2, 0) is 57.7 Å². The zero-order chi connectivity index (χ0) is 36.7. The fourth-order valence-electron chi connectivity index (χ4n) is 4.84. The van der Waals surface area contributed by atoms with E-state index in [1.807, 2.05) is 0 Å². The molecule has 2 fully saturated rings. The minimum absolute atomic E-state index is 0.780. The van der Waals surface area contributed by atoms with Gasteiger partial charge in [0.2, 0.25) is 11.8 Å². The Morgan fingerprint density at radius 2 is 1.42 bits per heavy atom. The maximum Gasteiger partial charge on any atom is 0.397 e. The van der Waals surface area contributed by atoms with E-state index in [1.54, 1.807) is 0 Å². The van der Waals surface area contributed by atoms with Crippen molar-refractivity contribution in [3.63, 3.8) is 0 Å². The van der Waals surface area contributed by atoms with E-state index in [4.69, 9.17) is 28.1 Å². The Hall–Kier alpha value is -1.80. The number of aliphatic hydroxyl groups excluding tert-OH is 8. The number of carbonyl (C=O) groups is 2. The summed E-state index contributed by atoms with van der Waals surface area (Å²) >= 11 is 0. The first-order valence-electron chi connectivity index (χ1n) is 13.8. The number of rotatable bonds is 17. The predicted molar refractivity (Wildman–Crippen MR) is 147 cm³/mol. The van der Waals surface area contributed by atoms with Crippen LogP contribution in [0.5, 0.6) is 0 Å². The number of hydrogen-bond donors (Lipinski definition) is 12. The molecule has 2 amide bonds. The minimum atomic E-state index is -5.36. The zero-order valence-electron chi connectivity index (χ0n) is 25.1. The van der Waals surface area contributed by atoms with Crippen LogP contribution in [0.3, 0.4) is 0 Å². The lowest BCUT2D eigenvalue weighted by atomic mass is 9.95. The molecule has 14 atom stereocenters. The van der Waals surface area contributed by atoms with E-state index in [-0.39, 0.29) is 0 Å². The highest BCUT2D eigenvalue weighted by atomic mass is 32.3. The second-order valence-electron chi connectivity index (χ2n) is 10.6. The molecule has 24 nitrogen and oxygen atoms in total. The van der Waals surface area contributed by atoms with Gasteiger partial charge in [-0.2, -0.15) is 16.8 Å². The van der Waals surface area contributed by atoms with Crippen LogP contribution in [0.2, 0.25) is 0 Å². The number of nitrogens with one attached hydrogen (secondary N) is 2. The van der Waals surface area contributed by atoms with Crippen molar-refractivity contribution < 1.29 is 104 Å². The van der Waals surface area contributed by atoms with Crippen LogP contribution >= 0.6 is 0 Å². The molecule has 2 heterocycles. The Morgan fingerprint density at radius 3 is 1.90 bits per heavy atom. The summed E-state index contributed by atoms with van der Waals surface area (Å²) in [6.07, 6.45) is -24.9. The molecule has 12 N–H and O–H groups in total. The van der Waals surface area contributed by atoms with Gasteiger partial charge in [-0.1, -0.05) is 0 Å². The van der Waals surface area contributed by atoms with Gasteiger partial charge in [0.05, 0.1) is 32.5 Å². The molecule has 26 heteroatoms. The summed E-state index contributed by atoms with van der Waals surface area (Å²) in [6, 6.07) is -3.40. The molecule has 2 rings (SSSR count). The third-order valence-electron chi connectivity index (χ3n) is 6.96. The first-order valence-corrected chi connectivity index (χ1v) is 16.5. The number of ether oxygens (including phenoxy) is 4. The van der Waals surface area contributed by atoms with Crippen molar-refractivity contribution in [2.24, 2.45) is 0 Å². The molecule has 2 aliphatic heterocycles. The monoisotopic (exact) mass is 748 g/mol. The highest BCUT2D eigenvalue weighted by molar-refractivity contribution is 7.81. The van der Waals surface area contributed by atoms with E-state index in [2.05, 4.69) is 19.0 Å². The summed E-state index contributed by atoms with van der Waals surface area (Å²) in [5.41, 5.74) is 0. The molecule has 48 heavy (non-hydrogen) atoms. The second kappa shape index (κ2) is 17.9. The average Bonchev–Trinajstić information content (AvgIpc) is 2.98. The molecule has 0 aromatic heterocycles. The predicted octanol–water partition coefficient (Wildman–Crippen LogP) is -8.00. The average molecular weight is 749 g/mol. The Labute approximate surface area is 273 Å². The maximum absolute atomic E-state index is 12.1. The Morgan fingerprint density at radius 1 is 0.812 bits per heavy atom. The molecular formula is C22H40N2O22S2. The molecule has 2 saturated heterocycles. The molecular weight excluding hydrogens is 708 g/mol. The fourth-order valence-corrected chi connectivity index (χ4v) is 5.66. The van der Waals surface area contributed by atoms with Gasteiger partial charge in [0.1, 0.15) is 67.1 Å². The first kappa shape index (κ1) is 42.4. The summed E-state index contributed by atoms with van der Waals surface area (Å²) in [5, 5.41) is 86.5. The van der Waals surface area contributed by atoms with E-state index in [0.29, 0.717) is 0 Å². The Bertz CT molecular complexity index is 1270. The van der Waals surface area contributed by atoms with Crippen molar-refractivity contribution >= 4 is 32.6 Å². The van der Waals surface area contributed by atoms with E-state index >= 15 is 0 Å². The van der Waals surface area contributed by atoms with Crippen LogP contribution in [0.1, 0.15) is 13.8 Å². The van der Waals surface area contributed by atoms with Gasteiger partial charge in [-0.05, 0) is 0 Å². The van der Waals surface area contributed by atoms with Crippen LogP contribution in [0.15, 0.2) is 0 Å². The molecule has 0 radical (unpaired) electrons. The van der Waals surface area contributed by atoms with E-state index in [0.717, 1.165) is 13.8 Å². The van der Waals surface area contributed by atoms with Crippen molar-refractivity contribution in [3.05, 3.63) is 0 Å². The van der Waals surface area contributed by atoms with Crippen LogP contribution in [0.25, 0.3) is 0 Å². The van der Waals surface area contributed by atoms with Crippen LogP contribution in [0.4, 0.5) is 0 Å². The van der Waals surface area contributed by atoms with Gasteiger partial charge in [-0.15, -0.1) is 0 Å². The molecule has 0 bridgehead atoms. The molecule has 282 valence electrons. The van der Waals surface area contributed by atoms with Gasteiger partial charge in [-0.25, -0.2) is 8.37 Å². The molecule has 0 saturated carbocycles. The number of carbonyl (C=O) groups excluding carboxylic acids is 2. The summed E-state index contributed by atoms with van der Waals surface area (Å²) in [5.74, 6) is -1.67. The SMILES string of the molecule is CC(=O)N[C@H]1[C@H](O[C@@H]([C@@H](O)[C@H](O)CO)[C@H](CO)NC(C)=O)O[C@H](COS(=O)(=O)O)[C@@H](O[C@@H]2O[C@H](CO)[C@H](O)[C@H](OS(=O)(=O)O)[C@H]2O)[C@@H]1O. The van der Waals surface area contributed by atoms with E-state index < -0.39 is 145 Å². The lowest BCUT2D eigenvalue weighted by Crippen LogP contribution is -2.69. The van der Waals surface area contributed by atoms with Crippen molar-refractivity contribution in [1.82, 2.24) is 10.6 Å². The molecule has 0 aromatic rings. The Balaban J connectivity index is 2.58. The van der Waals surface area contributed by atoms with Crippen molar-refractivity contribution in [3.8, 4) is 0 Å². The van der Waals surface area contributed by atoms with Gasteiger partial charge >= 0.3 is 20.8 Å². The van der Waals surface area contributed by atoms with Gasteiger partial charge in [0.25, 0.3) is 0 Å². The van der Waals surface area contributed by atoms with Crippen LogP contribution in [-0.4, -0.2) is 191 Å². The van der Waals surface area contributed by atoms with Crippen molar-refractivity contribution in [2.45, 2.75) is 99.6 Å². The van der Waals surface area contributed by atoms with Crippen LogP contribution < -0.4 is 10.6 Å². The normalized spacial score (nSPS) is 34.1. The lowest BCUT2D eigenvalue weighted by Gasteiger charge is -2.48. The molecule has 2 aliphatic rings. The first-order chi connectivity index (χ1) is 22.1. The molecule has 0 aromatic carbocycles. The lowest BCUT2D eigenvalue weighted by molar-refractivity contribution is -0.351. The van der Waals surface area contributed by atoms with Crippen LogP contribution in [0, 0.1) is 0 Å². The third-order valence-corrected chi connectivity index (χ3v) is 7.86. The largest absolute Gasteiger partial charge is 0.397 e. The second-order valence-corrected chi connectivity index (χ2v) is 12.7. The third kappa shape index (κ3) is 11.9.